The van der Waals surface area contributed by atoms with Gasteiger partial charge in [-0.05, 0) is 25.1 Å². The number of imidazole rings is 2. The molecule has 0 amide bonds. The maximum Gasteiger partial charge on any atom is 0.178 e. The summed E-state index contributed by atoms with van der Waals surface area (Å²) in [6.07, 6.45) is 3.15. The number of benzene rings is 1. The lowest BCUT2D eigenvalue weighted by Crippen LogP contribution is -2.00. The van der Waals surface area contributed by atoms with E-state index in [1.807, 2.05) is 35.8 Å². The van der Waals surface area contributed by atoms with Crippen LogP contribution < -0.4 is 5.32 Å². The fraction of sp³-hybridized carbons (Fsp3) is 0.176. The van der Waals surface area contributed by atoms with Crippen molar-refractivity contribution < 1.29 is 5.11 Å². The van der Waals surface area contributed by atoms with E-state index in [0.29, 0.717) is 45.9 Å². The van der Waals surface area contributed by atoms with E-state index < -0.39 is 0 Å². The smallest absolute Gasteiger partial charge is 0.178 e. The van der Waals surface area contributed by atoms with Crippen LogP contribution in [0.4, 0.5) is 11.5 Å². The number of anilines is 2. The molecule has 0 aliphatic carbocycles. The molecular weight excluding hydrogens is 354 g/mol. The van der Waals surface area contributed by atoms with Gasteiger partial charge in [0.1, 0.15) is 6.33 Å². The number of H-pyrrole nitrogens is 1. The van der Waals surface area contributed by atoms with Gasteiger partial charge in [0.15, 0.2) is 28.6 Å². The largest absolute Gasteiger partial charge is 0.390 e. The predicted octanol–water partition coefficient (Wildman–Crippen LogP) is 3.13. The second-order valence-electron chi connectivity index (χ2n) is 5.61. The van der Waals surface area contributed by atoms with Crippen molar-refractivity contribution >= 4 is 34.3 Å². The van der Waals surface area contributed by atoms with Crippen molar-refractivity contribution in [3.63, 3.8) is 0 Å². The second-order valence-corrected chi connectivity index (χ2v) is 6.04. The number of rotatable bonds is 5. The third-order valence-electron chi connectivity index (χ3n) is 3.94. The third-order valence-corrected chi connectivity index (χ3v) is 4.18. The van der Waals surface area contributed by atoms with Gasteiger partial charge in [0.25, 0.3) is 0 Å². The molecule has 0 aliphatic heterocycles. The van der Waals surface area contributed by atoms with Gasteiger partial charge >= 0.3 is 0 Å². The number of aromatic amines is 1. The number of fused-ring (bicyclic) bond motifs is 1. The van der Waals surface area contributed by atoms with Crippen molar-refractivity contribution in [3.8, 4) is 11.6 Å². The van der Waals surface area contributed by atoms with Gasteiger partial charge in [0.05, 0.1) is 12.3 Å². The van der Waals surface area contributed by atoms with E-state index in [-0.39, 0.29) is 6.61 Å². The SMILES string of the molecule is CCn1c(-c2nc(CO)c[nH]2)nc2c(Nc3cccc(Cl)c3)ncnc21. The Bertz CT molecular complexity index is 1070. The fourth-order valence-electron chi connectivity index (χ4n) is 2.77. The molecule has 4 rings (SSSR count). The first kappa shape index (κ1) is 16.5. The first-order valence-electron chi connectivity index (χ1n) is 8.09. The number of nitrogens with zero attached hydrogens (tertiary/aromatic N) is 5. The van der Waals surface area contributed by atoms with Crippen molar-refractivity contribution in [2.45, 2.75) is 20.1 Å². The molecule has 0 bridgehead atoms. The van der Waals surface area contributed by atoms with Crippen LogP contribution in [0.3, 0.4) is 0 Å². The van der Waals surface area contributed by atoms with Gasteiger partial charge in [-0.1, -0.05) is 17.7 Å². The zero-order valence-electron chi connectivity index (χ0n) is 13.9. The second kappa shape index (κ2) is 6.74. The van der Waals surface area contributed by atoms with Crippen molar-refractivity contribution in [2.24, 2.45) is 0 Å². The maximum atomic E-state index is 9.24. The van der Waals surface area contributed by atoms with Crippen LogP contribution in [-0.4, -0.2) is 34.6 Å². The van der Waals surface area contributed by atoms with Gasteiger partial charge in [-0.25, -0.2) is 19.9 Å². The van der Waals surface area contributed by atoms with Crippen molar-refractivity contribution in [3.05, 3.63) is 47.5 Å². The van der Waals surface area contributed by atoms with E-state index >= 15 is 0 Å². The predicted molar refractivity (Wildman–Crippen MR) is 99.2 cm³/mol. The van der Waals surface area contributed by atoms with E-state index in [9.17, 15) is 5.11 Å². The Morgan fingerprint density at radius 1 is 1.27 bits per heavy atom. The summed E-state index contributed by atoms with van der Waals surface area (Å²) < 4.78 is 1.94. The van der Waals surface area contributed by atoms with E-state index in [4.69, 9.17) is 11.6 Å². The van der Waals surface area contributed by atoms with E-state index in [0.717, 1.165) is 5.69 Å². The van der Waals surface area contributed by atoms with Crippen LogP contribution in [0.25, 0.3) is 22.8 Å². The molecule has 0 atom stereocenters. The number of nitrogens with one attached hydrogen (secondary N) is 2. The number of hydrogen-bond acceptors (Lipinski definition) is 6. The minimum atomic E-state index is -0.135. The van der Waals surface area contributed by atoms with Crippen LogP contribution in [0.1, 0.15) is 12.6 Å². The van der Waals surface area contributed by atoms with Gasteiger partial charge in [-0.2, -0.15) is 0 Å². The average Bonchev–Trinajstić information content (AvgIpc) is 3.26. The molecule has 8 nitrogen and oxygen atoms in total. The van der Waals surface area contributed by atoms with Crippen LogP contribution >= 0.6 is 11.6 Å². The minimum Gasteiger partial charge on any atom is -0.390 e. The summed E-state index contributed by atoms with van der Waals surface area (Å²) in [6.45, 7) is 2.53. The molecule has 0 saturated heterocycles. The summed E-state index contributed by atoms with van der Waals surface area (Å²) in [5, 5.41) is 13.1. The summed E-state index contributed by atoms with van der Waals surface area (Å²) in [7, 11) is 0. The molecule has 0 fully saturated rings. The molecule has 3 heterocycles. The normalized spacial score (nSPS) is 11.2. The van der Waals surface area contributed by atoms with Crippen LogP contribution in [0, 0.1) is 0 Å². The summed E-state index contributed by atoms with van der Waals surface area (Å²) in [5.74, 6) is 1.79. The minimum absolute atomic E-state index is 0.135. The zero-order valence-corrected chi connectivity index (χ0v) is 14.7. The van der Waals surface area contributed by atoms with Gasteiger partial charge in [0, 0.05) is 23.5 Å². The van der Waals surface area contributed by atoms with Crippen LogP contribution in [0.5, 0.6) is 0 Å². The molecule has 0 aliphatic rings. The molecular formula is C17H16ClN7O. The number of aliphatic hydroxyl groups is 1. The lowest BCUT2D eigenvalue weighted by molar-refractivity contribution is 0.277. The van der Waals surface area contributed by atoms with Crippen molar-refractivity contribution in [1.82, 2.24) is 29.5 Å². The highest BCUT2D eigenvalue weighted by Crippen LogP contribution is 2.27. The average molecular weight is 370 g/mol. The summed E-state index contributed by atoms with van der Waals surface area (Å²) in [5.41, 5.74) is 2.69. The summed E-state index contributed by atoms with van der Waals surface area (Å²) >= 11 is 6.05. The maximum absolute atomic E-state index is 9.24. The van der Waals surface area contributed by atoms with E-state index in [2.05, 4.69) is 30.2 Å². The molecule has 1 aromatic carbocycles. The zero-order chi connectivity index (χ0) is 18.1. The topological polar surface area (TPSA) is 105 Å². The Morgan fingerprint density at radius 2 is 2.15 bits per heavy atom. The molecule has 0 spiro atoms. The Hall–Kier alpha value is -2.97. The van der Waals surface area contributed by atoms with E-state index in [1.54, 1.807) is 6.20 Å². The van der Waals surface area contributed by atoms with Crippen LogP contribution in [0.2, 0.25) is 5.02 Å². The highest BCUT2D eigenvalue weighted by molar-refractivity contribution is 6.30. The summed E-state index contributed by atoms with van der Waals surface area (Å²) in [6, 6.07) is 7.38. The lowest BCUT2D eigenvalue weighted by atomic mass is 10.3. The monoisotopic (exact) mass is 369 g/mol. The number of aliphatic hydroxyl groups excluding tert-OH is 1. The van der Waals surface area contributed by atoms with Crippen molar-refractivity contribution in [2.75, 3.05) is 5.32 Å². The Balaban J connectivity index is 1.83. The molecule has 3 aromatic heterocycles. The van der Waals surface area contributed by atoms with Crippen LogP contribution in [0.15, 0.2) is 36.8 Å². The first-order valence-corrected chi connectivity index (χ1v) is 8.46. The molecule has 0 unspecified atom stereocenters. The number of hydrogen-bond donors (Lipinski definition) is 3. The molecule has 0 radical (unpaired) electrons. The van der Waals surface area contributed by atoms with Crippen LogP contribution in [-0.2, 0) is 13.2 Å². The molecule has 9 heteroatoms. The van der Waals surface area contributed by atoms with E-state index in [1.165, 1.54) is 6.33 Å². The van der Waals surface area contributed by atoms with Gasteiger partial charge in [0.2, 0.25) is 0 Å². The lowest BCUT2D eigenvalue weighted by Gasteiger charge is -2.06. The number of aryl methyl sites for hydroxylation is 1. The van der Waals surface area contributed by atoms with Gasteiger partial charge in [-0.15, -0.1) is 0 Å². The number of halogens is 1. The fourth-order valence-corrected chi connectivity index (χ4v) is 2.96. The first-order chi connectivity index (χ1) is 12.7. The molecule has 3 N–H and O–H groups in total. The Kier molecular flexibility index (Phi) is 4.27. The van der Waals surface area contributed by atoms with Gasteiger partial charge < -0.3 is 20.0 Å². The highest BCUT2D eigenvalue weighted by Gasteiger charge is 2.18. The standard InChI is InChI=1S/C17H16ClN7O/c1-2-25-16-13(24-17(25)15-19-7-12(8-26)23-15)14(20-9-21-16)22-11-5-3-4-10(18)6-11/h3-7,9,26H,2,8H2,1H3,(H,19,23)(H,20,21,22). The van der Waals surface area contributed by atoms with Crippen molar-refractivity contribution in [1.29, 1.82) is 0 Å². The highest BCUT2D eigenvalue weighted by atomic mass is 35.5. The number of aromatic nitrogens is 6. The Morgan fingerprint density at radius 3 is 2.88 bits per heavy atom. The molecule has 26 heavy (non-hydrogen) atoms. The quantitative estimate of drug-likeness (QED) is 0.499. The Labute approximate surface area is 153 Å². The van der Waals surface area contributed by atoms with Gasteiger partial charge in [-0.3, -0.25) is 0 Å². The summed E-state index contributed by atoms with van der Waals surface area (Å²) in [4.78, 5) is 20.8. The third kappa shape index (κ3) is 2.89. The molecule has 4 aromatic rings. The molecule has 0 saturated carbocycles. The molecule has 132 valence electrons.